The summed E-state index contributed by atoms with van der Waals surface area (Å²) in [6.07, 6.45) is 1.77. The molecule has 5 rings (SSSR count). The number of ether oxygens (including phenoxy) is 2. The number of benzene rings is 3. The lowest BCUT2D eigenvalue weighted by Crippen LogP contribution is -2.38. The van der Waals surface area contributed by atoms with E-state index < -0.39 is 5.91 Å². The fraction of sp³-hybridized carbons (Fsp3) is 0.333. The van der Waals surface area contributed by atoms with E-state index in [0.29, 0.717) is 30.1 Å². The number of morpholine rings is 1. The van der Waals surface area contributed by atoms with Gasteiger partial charge in [-0.05, 0) is 61.0 Å². The Morgan fingerprint density at radius 2 is 1.63 bits per heavy atom. The molecule has 0 bridgehead atoms. The predicted octanol–water partition coefficient (Wildman–Crippen LogP) is 4.23. The smallest absolute Gasteiger partial charge is 0.255 e. The summed E-state index contributed by atoms with van der Waals surface area (Å²) >= 11 is 0. The molecule has 38 heavy (non-hydrogen) atoms. The highest BCUT2D eigenvalue weighted by Crippen LogP contribution is 2.29. The lowest BCUT2D eigenvalue weighted by molar-refractivity contribution is 0.0996. The SMILES string of the molecule is Cc1ccc(NC(=O)c2cccc(N3CCOCC3)c2)cc1N1CCC(Oc2cccc(C(N)=O)c2)CC1. The zero-order chi connectivity index (χ0) is 26.5. The fourth-order valence-electron chi connectivity index (χ4n) is 5.03. The molecular formula is C30H34N4O4. The number of nitrogens with two attached hydrogens (primary N) is 1. The van der Waals surface area contributed by atoms with Crippen LogP contribution in [0.1, 0.15) is 39.1 Å². The minimum absolute atomic E-state index is 0.0660. The van der Waals surface area contributed by atoms with E-state index in [1.165, 1.54) is 0 Å². The van der Waals surface area contributed by atoms with Crippen LogP contribution in [0.25, 0.3) is 0 Å². The summed E-state index contributed by atoms with van der Waals surface area (Å²) in [6, 6.07) is 20.8. The van der Waals surface area contributed by atoms with Crippen molar-refractivity contribution in [2.45, 2.75) is 25.9 Å². The molecule has 8 nitrogen and oxygen atoms in total. The van der Waals surface area contributed by atoms with Crippen molar-refractivity contribution in [3.8, 4) is 5.75 Å². The van der Waals surface area contributed by atoms with Crippen LogP contribution in [0.3, 0.4) is 0 Å². The Hall–Kier alpha value is -4.04. The normalized spacial score (nSPS) is 16.2. The Bertz CT molecular complexity index is 1300. The van der Waals surface area contributed by atoms with E-state index in [-0.39, 0.29) is 12.0 Å². The van der Waals surface area contributed by atoms with Crippen LogP contribution in [0.4, 0.5) is 17.1 Å². The Morgan fingerprint density at radius 1 is 0.895 bits per heavy atom. The monoisotopic (exact) mass is 514 g/mol. The molecule has 8 heteroatoms. The summed E-state index contributed by atoms with van der Waals surface area (Å²) in [5, 5.41) is 3.08. The molecule has 2 aliphatic heterocycles. The van der Waals surface area contributed by atoms with E-state index >= 15 is 0 Å². The Kier molecular flexibility index (Phi) is 7.79. The van der Waals surface area contributed by atoms with Gasteiger partial charge in [0.25, 0.3) is 5.91 Å². The van der Waals surface area contributed by atoms with Gasteiger partial charge >= 0.3 is 0 Å². The van der Waals surface area contributed by atoms with Crippen LogP contribution < -0.4 is 25.6 Å². The van der Waals surface area contributed by atoms with Gasteiger partial charge in [-0.15, -0.1) is 0 Å². The van der Waals surface area contributed by atoms with E-state index in [0.717, 1.165) is 61.6 Å². The van der Waals surface area contributed by atoms with Crippen molar-refractivity contribution in [2.75, 3.05) is 54.5 Å². The number of anilines is 3. The number of nitrogens with zero attached hydrogens (tertiary/aromatic N) is 2. The first-order chi connectivity index (χ1) is 18.5. The van der Waals surface area contributed by atoms with Crippen LogP contribution in [0, 0.1) is 6.92 Å². The molecule has 0 atom stereocenters. The van der Waals surface area contributed by atoms with Gasteiger partial charge in [0, 0.05) is 67.2 Å². The molecule has 2 heterocycles. The van der Waals surface area contributed by atoms with E-state index in [1.807, 2.05) is 42.5 Å². The molecule has 0 aromatic heterocycles. The first kappa shape index (κ1) is 25.6. The lowest BCUT2D eigenvalue weighted by Gasteiger charge is -2.35. The molecule has 2 aliphatic rings. The van der Waals surface area contributed by atoms with Gasteiger partial charge in [-0.3, -0.25) is 9.59 Å². The molecule has 0 saturated carbocycles. The zero-order valence-corrected chi connectivity index (χ0v) is 21.7. The lowest BCUT2D eigenvalue weighted by atomic mass is 10.0. The number of carbonyl (C=O) groups is 2. The molecule has 2 saturated heterocycles. The second-order valence-electron chi connectivity index (χ2n) is 9.80. The van der Waals surface area contributed by atoms with Crippen LogP contribution in [-0.2, 0) is 4.74 Å². The van der Waals surface area contributed by atoms with E-state index in [9.17, 15) is 9.59 Å². The maximum atomic E-state index is 13.1. The summed E-state index contributed by atoms with van der Waals surface area (Å²) in [5.41, 5.74) is 10.6. The number of hydrogen-bond donors (Lipinski definition) is 2. The Morgan fingerprint density at radius 3 is 2.39 bits per heavy atom. The van der Waals surface area contributed by atoms with Crippen molar-refractivity contribution in [1.29, 1.82) is 0 Å². The van der Waals surface area contributed by atoms with E-state index in [4.69, 9.17) is 15.2 Å². The Labute approximate surface area is 223 Å². The van der Waals surface area contributed by atoms with Crippen molar-refractivity contribution in [3.63, 3.8) is 0 Å². The highest BCUT2D eigenvalue weighted by molar-refractivity contribution is 6.05. The van der Waals surface area contributed by atoms with E-state index in [1.54, 1.807) is 18.2 Å². The van der Waals surface area contributed by atoms with Gasteiger partial charge < -0.3 is 30.3 Å². The first-order valence-electron chi connectivity index (χ1n) is 13.1. The molecule has 3 aromatic carbocycles. The van der Waals surface area contributed by atoms with Gasteiger partial charge in [-0.1, -0.05) is 18.2 Å². The van der Waals surface area contributed by atoms with Crippen LogP contribution in [0.5, 0.6) is 5.75 Å². The van der Waals surface area contributed by atoms with Crippen molar-refractivity contribution < 1.29 is 19.1 Å². The van der Waals surface area contributed by atoms with Gasteiger partial charge in [0.1, 0.15) is 11.9 Å². The number of hydrogen-bond acceptors (Lipinski definition) is 6. The second-order valence-corrected chi connectivity index (χ2v) is 9.80. The van der Waals surface area contributed by atoms with Crippen LogP contribution in [0.15, 0.2) is 66.7 Å². The molecule has 3 N–H and O–H groups in total. The van der Waals surface area contributed by atoms with Crippen LogP contribution in [-0.4, -0.2) is 57.3 Å². The Balaban J connectivity index is 1.21. The average molecular weight is 515 g/mol. The predicted molar refractivity (Wildman–Crippen MR) is 149 cm³/mol. The highest BCUT2D eigenvalue weighted by atomic mass is 16.5. The minimum Gasteiger partial charge on any atom is -0.490 e. The summed E-state index contributed by atoms with van der Waals surface area (Å²) in [6.45, 7) is 6.81. The average Bonchev–Trinajstić information content (AvgIpc) is 2.95. The second kappa shape index (κ2) is 11.6. The van der Waals surface area contributed by atoms with Crippen LogP contribution in [0.2, 0.25) is 0 Å². The van der Waals surface area contributed by atoms with E-state index in [2.05, 4.69) is 28.1 Å². The van der Waals surface area contributed by atoms with Crippen molar-refractivity contribution in [3.05, 3.63) is 83.4 Å². The number of aryl methyl sites for hydroxylation is 1. The van der Waals surface area contributed by atoms with Gasteiger partial charge in [0.05, 0.1) is 13.2 Å². The van der Waals surface area contributed by atoms with Crippen molar-refractivity contribution in [2.24, 2.45) is 5.73 Å². The summed E-state index contributed by atoms with van der Waals surface area (Å²) < 4.78 is 11.6. The molecule has 198 valence electrons. The zero-order valence-electron chi connectivity index (χ0n) is 21.7. The number of piperidine rings is 1. The fourth-order valence-corrected chi connectivity index (χ4v) is 5.03. The maximum Gasteiger partial charge on any atom is 0.255 e. The quantitative estimate of drug-likeness (QED) is 0.490. The number of nitrogens with one attached hydrogen (secondary N) is 1. The van der Waals surface area contributed by atoms with Crippen LogP contribution >= 0.6 is 0 Å². The molecule has 0 aliphatic carbocycles. The first-order valence-corrected chi connectivity index (χ1v) is 13.1. The number of rotatable bonds is 7. The highest BCUT2D eigenvalue weighted by Gasteiger charge is 2.23. The molecule has 2 fully saturated rings. The standard InChI is InChI=1S/C30H34N4O4/c1-21-8-9-24(32-30(36)23-5-2-6-25(18-23)33-14-16-37-17-15-33)20-28(21)34-12-10-26(11-13-34)38-27-7-3-4-22(19-27)29(31)35/h2-9,18-20,26H,10-17H2,1H3,(H2,31,35)(H,32,36). The number of carbonyl (C=O) groups excluding carboxylic acids is 2. The van der Waals surface area contributed by atoms with Crippen molar-refractivity contribution in [1.82, 2.24) is 0 Å². The summed E-state index contributed by atoms with van der Waals surface area (Å²) in [7, 11) is 0. The molecule has 0 spiro atoms. The molecule has 0 unspecified atom stereocenters. The molecule has 0 radical (unpaired) electrons. The van der Waals surface area contributed by atoms with Gasteiger partial charge in [-0.25, -0.2) is 0 Å². The maximum absolute atomic E-state index is 13.1. The van der Waals surface area contributed by atoms with Crippen molar-refractivity contribution >= 4 is 28.9 Å². The minimum atomic E-state index is -0.461. The topological polar surface area (TPSA) is 97.1 Å². The number of amides is 2. The van der Waals surface area contributed by atoms with Gasteiger partial charge in [-0.2, -0.15) is 0 Å². The van der Waals surface area contributed by atoms with Gasteiger partial charge in [0.2, 0.25) is 5.91 Å². The third-order valence-corrected chi connectivity index (χ3v) is 7.16. The van der Waals surface area contributed by atoms with Gasteiger partial charge in [0.15, 0.2) is 0 Å². The molecule has 3 aromatic rings. The summed E-state index contributed by atoms with van der Waals surface area (Å²) in [5.74, 6) is 0.0797. The third-order valence-electron chi connectivity index (χ3n) is 7.16. The number of primary amides is 1. The molecular weight excluding hydrogens is 480 g/mol. The third kappa shape index (κ3) is 6.08. The molecule has 2 amide bonds. The summed E-state index contributed by atoms with van der Waals surface area (Å²) in [4.78, 5) is 29.1. The largest absolute Gasteiger partial charge is 0.490 e.